The number of anilines is 3. The van der Waals surface area contributed by atoms with E-state index in [-0.39, 0.29) is 5.82 Å². The van der Waals surface area contributed by atoms with Crippen molar-refractivity contribution in [1.29, 1.82) is 0 Å². The van der Waals surface area contributed by atoms with E-state index < -0.39 is 0 Å². The maximum Gasteiger partial charge on any atom is 0.162 e. The maximum atomic E-state index is 13.5. The molecule has 3 aromatic heterocycles. The molecule has 4 aromatic rings. The van der Waals surface area contributed by atoms with Gasteiger partial charge in [0.1, 0.15) is 23.1 Å². The van der Waals surface area contributed by atoms with E-state index in [9.17, 15) is 4.39 Å². The number of hydrogen-bond acceptors (Lipinski definition) is 6. The van der Waals surface area contributed by atoms with Crippen molar-refractivity contribution in [3.8, 4) is 11.3 Å². The summed E-state index contributed by atoms with van der Waals surface area (Å²) < 4.78 is 15.3. The summed E-state index contributed by atoms with van der Waals surface area (Å²) in [4.78, 5) is 13.7. The Hall–Kier alpha value is -3.52. The number of benzene rings is 1. The molecule has 1 aliphatic rings. The molecule has 152 valence electrons. The van der Waals surface area contributed by atoms with Crippen molar-refractivity contribution in [3.63, 3.8) is 0 Å². The Morgan fingerprint density at radius 1 is 0.933 bits per heavy atom. The van der Waals surface area contributed by atoms with Crippen LogP contribution in [0.15, 0.2) is 60.8 Å². The molecule has 1 saturated heterocycles. The van der Waals surface area contributed by atoms with E-state index in [0.29, 0.717) is 23.0 Å². The van der Waals surface area contributed by atoms with Crippen molar-refractivity contribution in [3.05, 3.63) is 66.6 Å². The van der Waals surface area contributed by atoms with Gasteiger partial charge in [0, 0.05) is 37.9 Å². The van der Waals surface area contributed by atoms with Gasteiger partial charge in [-0.15, -0.1) is 5.10 Å². The molecule has 0 atom stereocenters. The highest BCUT2D eigenvalue weighted by Gasteiger charge is 2.20. The topological polar surface area (TPSA) is 61.6 Å². The zero-order chi connectivity index (χ0) is 20.5. The first-order chi connectivity index (χ1) is 14.7. The predicted octanol–water partition coefficient (Wildman–Crippen LogP) is 3.43. The molecule has 0 radical (unpaired) electrons. The average Bonchev–Trinajstić information content (AvgIpc) is 3.13. The SMILES string of the molecule is CN1CCN(c2ccc3nc(-c4ccc(F)cc4)c(Nc4ccccn4)n3n2)CC1. The minimum atomic E-state index is -0.280. The molecule has 0 saturated carbocycles. The molecule has 1 N–H and O–H groups in total. The van der Waals surface area contributed by atoms with Crippen molar-refractivity contribution in [2.24, 2.45) is 0 Å². The minimum Gasteiger partial charge on any atom is -0.353 e. The van der Waals surface area contributed by atoms with Gasteiger partial charge >= 0.3 is 0 Å². The Morgan fingerprint density at radius 3 is 2.47 bits per heavy atom. The summed E-state index contributed by atoms with van der Waals surface area (Å²) in [6.07, 6.45) is 1.73. The van der Waals surface area contributed by atoms with Crippen LogP contribution in [0.2, 0.25) is 0 Å². The maximum absolute atomic E-state index is 13.5. The Balaban J connectivity index is 1.61. The molecule has 1 aromatic carbocycles. The lowest BCUT2D eigenvalue weighted by atomic mass is 10.1. The van der Waals surface area contributed by atoms with E-state index in [1.165, 1.54) is 12.1 Å². The summed E-state index contributed by atoms with van der Waals surface area (Å²) in [6.45, 7) is 3.86. The number of aromatic nitrogens is 4. The average molecular weight is 403 g/mol. The van der Waals surface area contributed by atoms with E-state index >= 15 is 0 Å². The van der Waals surface area contributed by atoms with Crippen LogP contribution in [0, 0.1) is 5.82 Å². The number of hydrogen-bond donors (Lipinski definition) is 1. The zero-order valence-electron chi connectivity index (χ0n) is 16.7. The Labute approximate surface area is 173 Å². The van der Waals surface area contributed by atoms with E-state index in [0.717, 1.165) is 37.6 Å². The lowest BCUT2D eigenvalue weighted by Crippen LogP contribution is -2.44. The van der Waals surface area contributed by atoms with Crippen LogP contribution in [0.3, 0.4) is 0 Å². The first-order valence-electron chi connectivity index (χ1n) is 9.95. The smallest absolute Gasteiger partial charge is 0.162 e. The number of rotatable bonds is 4. The second-order valence-electron chi connectivity index (χ2n) is 7.41. The number of nitrogens with one attached hydrogen (secondary N) is 1. The molecule has 7 nitrogen and oxygen atoms in total. The molecule has 0 bridgehead atoms. The second-order valence-corrected chi connectivity index (χ2v) is 7.41. The number of fused-ring (bicyclic) bond motifs is 1. The fraction of sp³-hybridized carbons (Fsp3) is 0.227. The zero-order valence-corrected chi connectivity index (χ0v) is 16.7. The summed E-state index contributed by atoms with van der Waals surface area (Å²) >= 11 is 0. The van der Waals surface area contributed by atoms with Gasteiger partial charge in [0.2, 0.25) is 0 Å². The van der Waals surface area contributed by atoms with Crippen molar-refractivity contribution >= 4 is 23.1 Å². The van der Waals surface area contributed by atoms with E-state index in [2.05, 4.69) is 27.1 Å². The molecular formula is C22H22FN7. The molecule has 0 unspecified atom stereocenters. The van der Waals surface area contributed by atoms with Gasteiger partial charge in [0.05, 0.1) is 0 Å². The highest BCUT2D eigenvalue weighted by Crippen LogP contribution is 2.31. The van der Waals surface area contributed by atoms with E-state index in [1.807, 2.05) is 30.3 Å². The summed E-state index contributed by atoms with van der Waals surface area (Å²) in [7, 11) is 2.13. The third-order valence-electron chi connectivity index (χ3n) is 5.32. The lowest BCUT2D eigenvalue weighted by molar-refractivity contribution is 0.311. The van der Waals surface area contributed by atoms with Crippen LogP contribution in [0.1, 0.15) is 0 Å². The van der Waals surface area contributed by atoms with E-state index in [4.69, 9.17) is 10.1 Å². The third-order valence-corrected chi connectivity index (χ3v) is 5.32. The normalized spacial score (nSPS) is 14.9. The fourth-order valence-corrected chi connectivity index (χ4v) is 3.61. The van der Waals surface area contributed by atoms with Gasteiger partial charge in [0.25, 0.3) is 0 Å². The van der Waals surface area contributed by atoms with Gasteiger partial charge in [-0.25, -0.2) is 14.4 Å². The van der Waals surface area contributed by atoms with Crippen LogP contribution in [-0.2, 0) is 0 Å². The monoisotopic (exact) mass is 403 g/mol. The Morgan fingerprint density at radius 2 is 1.73 bits per heavy atom. The molecule has 1 aliphatic heterocycles. The lowest BCUT2D eigenvalue weighted by Gasteiger charge is -2.33. The van der Waals surface area contributed by atoms with Gasteiger partial charge < -0.3 is 15.1 Å². The molecule has 0 amide bonds. The van der Waals surface area contributed by atoms with Gasteiger partial charge in [0.15, 0.2) is 11.5 Å². The highest BCUT2D eigenvalue weighted by atomic mass is 19.1. The quantitative estimate of drug-likeness (QED) is 0.563. The van der Waals surface area contributed by atoms with Crippen molar-refractivity contribution in [2.45, 2.75) is 0 Å². The van der Waals surface area contributed by atoms with Crippen molar-refractivity contribution in [2.75, 3.05) is 43.4 Å². The molecular weight excluding hydrogens is 381 g/mol. The summed E-state index contributed by atoms with van der Waals surface area (Å²) in [5.41, 5.74) is 2.22. The highest BCUT2D eigenvalue weighted by molar-refractivity contribution is 5.78. The second kappa shape index (κ2) is 7.72. The van der Waals surface area contributed by atoms with Gasteiger partial charge in [-0.3, -0.25) is 0 Å². The molecule has 5 rings (SSSR count). The molecule has 0 spiro atoms. The number of piperazine rings is 1. The fourth-order valence-electron chi connectivity index (χ4n) is 3.61. The van der Waals surface area contributed by atoms with Gasteiger partial charge in [-0.1, -0.05) is 6.07 Å². The first-order valence-corrected chi connectivity index (χ1v) is 9.95. The van der Waals surface area contributed by atoms with Crippen LogP contribution in [0.4, 0.5) is 21.8 Å². The summed E-state index contributed by atoms with van der Waals surface area (Å²) in [6, 6.07) is 16.0. The number of imidazole rings is 1. The number of pyridine rings is 1. The summed E-state index contributed by atoms with van der Waals surface area (Å²) in [5, 5.41) is 8.23. The standard InChI is InChI=1S/C22H22FN7/c1-28-12-14-29(15-13-28)20-10-9-19-26-21(16-5-7-17(23)8-6-16)22(30(19)27-20)25-18-4-2-3-11-24-18/h2-11H,12-15H2,1H3,(H,24,25). The number of nitrogens with zero attached hydrogens (tertiary/aromatic N) is 6. The van der Waals surface area contributed by atoms with Gasteiger partial charge in [-0.05, 0) is 55.6 Å². The van der Waals surface area contributed by atoms with Crippen molar-refractivity contribution in [1.82, 2.24) is 24.5 Å². The largest absolute Gasteiger partial charge is 0.353 e. The van der Waals surface area contributed by atoms with Crippen molar-refractivity contribution < 1.29 is 4.39 Å². The van der Waals surface area contributed by atoms with Gasteiger partial charge in [-0.2, -0.15) is 4.52 Å². The van der Waals surface area contributed by atoms with Crippen LogP contribution in [-0.4, -0.2) is 57.7 Å². The predicted molar refractivity (Wildman–Crippen MR) is 116 cm³/mol. The van der Waals surface area contributed by atoms with Crippen LogP contribution < -0.4 is 10.2 Å². The van der Waals surface area contributed by atoms with Crippen LogP contribution >= 0.6 is 0 Å². The Kier molecular flexibility index (Phi) is 4.76. The minimum absolute atomic E-state index is 0.280. The number of halogens is 1. The third kappa shape index (κ3) is 3.57. The molecule has 0 aliphatic carbocycles. The Bertz CT molecular complexity index is 1150. The first kappa shape index (κ1) is 18.5. The van der Waals surface area contributed by atoms with Crippen LogP contribution in [0.5, 0.6) is 0 Å². The summed E-state index contributed by atoms with van der Waals surface area (Å²) in [5.74, 6) is 2.01. The molecule has 8 heteroatoms. The van der Waals surface area contributed by atoms with Crippen LogP contribution in [0.25, 0.3) is 16.9 Å². The molecule has 4 heterocycles. The molecule has 30 heavy (non-hydrogen) atoms. The molecule has 1 fully saturated rings. The number of likely N-dealkylation sites (N-methyl/N-ethyl adjacent to an activating group) is 1. The van der Waals surface area contributed by atoms with E-state index in [1.54, 1.807) is 22.8 Å².